The van der Waals surface area contributed by atoms with E-state index < -0.39 is 23.6 Å². The zero-order chi connectivity index (χ0) is 13.8. The van der Waals surface area contributed by atoms with Gasteiger partial charge in [-0.1, -0.05) is 19.3 Å². The lowest BCUT2D eigenvalue weighted by Gasteiger charge is -2.38. The third-order valence-corrected chi connectivity index (χ3v) is 3.26. The summed E-state index contributed by atoms with van der Waals surface area (Å²) in [5.74, 6) is -3.05. The number of alkyl halides is 3. The van der Waals surface area contributed by atoms with Crippen molar-refractivity contribution in [2.24, 2.45) is 0 Å². The van der Waals surface area contributed by atoms with Gasteiger partial charge in [0, 0.05) is 12.0 Å². The van der Waals surface area contributed by atoms with Gasteiger partial charge in [0.05, 0.1) is 0 Å². The van der Waals surface area contributed by atoms with Gasteiger partial charge in [0.25, 0.3) is 0 Å². The third-order valence-electron chi connectivity index (χ3n) is 3.26. The second-order valence-corrected chi connectivity index (χ2v) is 4.69. The van der Waals surface area contributed by atoms with Gasteiger partial charge in [0.1, 0.15) is 0 Å². The highest BCUT2D eigenvalue weighted by Crippen LogP contribution is 2.33. The van der Waals surface area contributed by atoms with Crippen LogP contribution in [0.1, 0.15) is 44.9 Å². The summed E-state index contributed by atoms with van der Waals surface area (Å²) in [6.45, 7) is 0. The molecule has 0 saturated heterocycles. The first-order valence-electron chi connectivity index (χ1n) is 5.86. The standard InChI is InChI=1S/C11H16F3NO3/c12-11(13,14)9(18)15-10(7-4-8(16)17)5-2-1-3-6-10/h1-7H2,(H,15,18)(H,16,17). The molecule has 1 amide bonds. The third kappa shape index (κ3) is 4.19. The lowest BCUT2D eigenvalue weighted by Crippen LogP contribution is -2.54. The minimum Gasteiger partial charge on any atom is -0.481 e. The van der Waals surface area contributed by atoms with Gasteiger partial charge in [-0.05, 0) is 19.3 Å². The van der Waals surface area contributed by atoms with E-state index in [2.05, 4.69) is 0 Å². The first-order chi connectivity index (χ1) is 8.25. The summed E-state index contributed by atoms with van der Waals surface area (Å²) >= 11 is 0. The number of hydrogen-bond acceptors (Lipinski definition) is 2. The molecule has 4 nitrogen and oxygen atoms in total. The first kappa shape index (κ1) is 14.8. The van der Waals surface area contributed by atoms with Crippen molar-refractivity contribution in [3.8, 4) is 0 Å². The van der Waals surface area contributed by atoms with Crippen LogP contribution in [-0.4, -0.2) is 28.7 Å². The Hall–Kier alpha value is -1.27. The number of nitrogens with one attached hydrogen (secondary N) is 1. The molecule has 0 aliphatic heterocycles. The van der Waals surface area contributed by atoms with Crippen molar-refractivity contribution >= 4 is 11.9 Å². The Morgan fingerprint density at radius 3 is 2.17 bits per heavy atom. The number of rotatable bonds is 4. The maximum absolute atomic E-state index is 12.2. The molecule has 1 aliphatic carbocycles. The number of carbonyl (C=O) groups is 2. The van der Waals surface area contributed by atoms with Gasteiger partial charge in [-0.3, -0.25) is 9.59 Å². The maximum atomic E-state index is 12.2. The van der Waals surface area contributed by atoms with Crippen LogP contribution in [-0.2, 0) is 9.59 Å². The Bertz CT molecular complexity index is 322. The molecule has 1 aliphatic rings. The molecule has 0 aromatic rings. The van der Waals surface area contributed by atoms with E-state index in [1.807, 2.05) is 5.32 Å². The molecule has 0 heterocycles. The monoisotopic (exact) mass is 267 g/mol. The first-order valence-corrected chi connectivity index (χ1v) is 5.86. The van der Waals surface area contributed by atoms with Crippen LogP contribution in [0, 0.1) is 0 Å². The highest BCUT2D eigenvalue weighted by Gasteiger charge is 2.44. The maximum Gasteiger partial charge on any atom is 0.471 e. The molecule has 0 atom stereocenters. The summed E-state index contributed by atoms with van der Waals surface area (Å²) < 4.78 is 36.7. The average molecular weight is 267 g/mol. The fourth-order valence-electron chi connectivity index (χ4n) is 2.32. The molecule has 2 N–H and O–H groups in total. The van der Waals surface area contributed by atoms with E-state index in [-0.39, 0.29) is 12.8 Å². The van der Waals surface area contributed by atoms with E-state index in [0.717, 1.165) is 6.42 Å². The summed E-state index contributed by atoms with van der Waals surface area (Å²) in [5, 5.41) is 10.6. The predicted octanol–water partition coefficient (Wildman–Crippen LogP) is 2.23. The molecule has 0 aromatic carbocycles. The molecule has 0 radical (unpaired) electrons. The van der Waals surface area contributed by atoms with Gasteiger partial charge < -0.3 is 10.4 Å². The van der Waals surface area contributed by atoms with Gasteiger partial charge in [-0.15, -0.1) is 0 Å². The minimum atomic E-state index is -4.92. The van der Waals surface area contributed by atoms with Crippen molar-refractivity contribution in [2.45, 2.75) is 56.7 Å². The fraction of sp³-hybridized carbons (Fsp3) is 0.818. The van der Waals surface area contributed by atoms with Gasteiger partial charge in [-0.25, -0.2) is 0 Å². The normalized spacial score (nSPS) is 19.3. The summed E-state index contributed by atoms with van der Waals surface area (Å²) in [5.41, 5.74) is -1.01. The molecular formula is C11H16F3NO3. The summed E-state index contributed by atoms with van der Waals surface area (Å²) in [7, 11) is 0. The van der Waals surface area contributed by atoms with Crippen molar-refractivity contribution < 1.29 is 27.9 Å². The number of aliphatic carboxylic acids is 1. The van der Waals surface area contributed by atoms with Gasteiger partial charge in [0.2, 0.25) is 0 Å². The number of hydrogen-bond donors (Lipinski definition) is 2. The Balaban J connectivity index is 2.71. The Labute approximate surface area is 103 Å². The van der Waals surface area contributed by atoms with Crippen molar-refractivity contribution in [3.05, 3.63) is 0 Å². The van der Waals surface area contributed by atoms with E-state index in [9.17, 15) is 22.8 Å². The minimum absolute atomic E-state index is 0.0458. The summed E-state index contributed by atoms with van der Waals surface area (Å²) in [4.78, 5) is 21.5. The van der Waals surface area contributed by atoms with E-state index in [1.54, 1.807) is 0 Å². The smallest absolute Gasteiger partial charge is 0.471 e. The SMILES string of the molecule is O=C(O)CCC1(NC(=O)C(F)(F)F)CCCCC1. The highest BCUT2D eigenvalue weighted by molar-refractivity contribution is 5.82. The molecule has 7 heteroatoms. The van der Waals surface area contributed by atoms with E-state index in [4.69, 9.17) is 5.11 Å². The Morgan fingerprint density at radius 2 is 1.72 bits per heavy atom. The molecule has 0 aromatic heterocycles. The van der Waals surface area contributed by atoms with Gasteiger partial charge >= 0.3 is 18.1 Å². The molecule has 104 valence electrons. The number of amides is 1. The van der Waals surface area contributed by atoms with Crippen LogP contribution in [0.3, 0.4) is 0 Å². The number of carbonyl (C=O) groups excluding carboxylic acids is 1. The summed E-state index contributed by atoms with van der Waals surface area (Å²) in [6.07, 6.45) is -1.99. The Kier molecular flexibility index (Phi) is 4.59. The van der Waals surface area contributed by atoms with E-state index in [1.165, 1.54) is 0 Å². The largest absolute Gasteiger partial charge is 0.481 e. The molecule has 1 saturated carbocycles. The van der Waals surface area contributed by atoms with Crippen LogP contribution in [0.4, 0.5) is 13.2 Å². The van der Waals surface area contributed by atoms with Crippen LogP contribution >= 0.6 is 0 Å². The molecule has 0 spiro atoms. The second kappa shape index (κ2) is 5.58. The summed E-state index contributed by atoms with van der Waals surface area (Å²) in [6, 6.07) is 0. The van der Waals surface area contributed by atoms with Gasteiger partial charge in [-0.2, -0.15) is 13.2 Å². The van der Waals surface area contributed by atoms with Crippen LogP contribution in [0.2, 0.25) is 0 Å². The second-order valence-electron chi connectivity index (χ2n) is 4.69. The van der Waals surface area contributed by atoms with E-state index >= 15 is 0 Å². The van der Waals surface area contributed by atoms with Crippen LogP contribution in [0.25, 0.3) is 0 Å². The van der Waals surface area contributed by atoms with E-state index in [0.29, 0.717) is 25.7 Å². The lowest BCUT2D eigenvalue weighted by molar-refractivity contribution is -0.176. The predicted molar refractivity (Wildman–Crippen MR) is 56.9 cm³/mol. The Morgan fingerprint density at radius 1 is 1.17 bits per heavy atom. The average Bonchev–Trinajstić information content (AvgIpc) is 2.26. The quantitative estimate of drug-likeness (QED) is 0.820. The lowest BCUT2D eigenvalue weighted by atomic mass is 9.78. The number of carboxylic acid groups (broad SMARTS) is 1. The van der Waals surface area contributed by atoms with Crippen molar-refractivity contribution in [3.63, 3.8) is 0 Å². The molecule has 18 heavy (non-hydrogen) atoms. The molecular weight excluding hydrogens is 251 g/mol. The molecule has 0 unspecified atom stereocenters. The zero-order valence-corrected chi connectivity index (χ0v) is 9.85. The van der Waals surface area contributed by atoms with Crippen molar-refractivity contribution in [1.82, 2.24) is 5.32 Å². The highest BCUT2D eigenvalue weighted by atomic mass is 19.4. The zero-order valence-electron chi connectivity index (χ0n) is 9.85. The molecule has 0 bridgehead atoms. The van der Waals surface area contributed by atoms with Crippen LogP contribution in [0.5, 0.6) is 0 Å². The van der Waals surface area contributed by atoms with Crippen molar-refractivity contribution in [1.29, 1.82) is 0 Å². The topological polar surface area (TPSA) is 66.4 Å². The fourth-order valence-corrected chi connectivity index (χ4v) is 2.32. The number of halogens is 3. The number of carboxylic acids is 1. The van der Waals surface area contributed by atoms with Crippen LogP contribution < -0.4 is 5.32 Å². The van der Waals surface area contributed by atoms with Gasteiger partial charge in [0.15, 0.2) is 0 Å². The molecule has 1 rings (SSSR count). The van der Waals surface area contributed by atoms with Crippen molar-refractivity contribution in [2.75, 3.05) is 0 Å². The van der Waals surface area contributed by atoms with Crippen LogP contribution in [0.15, 0.2) is 0 Å². The molecule has 1 fully saturated rings.